The predicted molar refractivity (Wildman–Crippen MR) is 126 cm³/mol. The molecule has 1 heterocycles. The van der Waals surface area contributed by atoms with Crippen LogP contribution in [-0.2, 0) is 9.53 Å². The van der Waals surface area contributed by atoms with Gasteiger partial charge >= 0.3 is 5.97 Å². The lowest BCUT2D eigenvalue weighted by molar-refractivity contribution is -0.153. The lowest BCUT2D eigenvalue weighted by Crippen LogP contribution is -2.48. The maximum Gasteiger partial charge on any atom is 0.310 e. The highest BCUT2D eigenvalue weighted by atomic mass is 35.5. The number of carboxylic acid groups (broad SMARTS) is 1. The minimum atomic E-state index is -0.603. The maximum absolute atomic E-state index is 12.0. The molecule has 2 aliphatic rings. The van der Waals surface area contributed by atoms with E-state index in [0.717, 1.165) is 51.6 Å². The van der Waals surface area contributed by atoms with Crippen LogP contribution in [0.3, 0.4) is 0 Å². The zero-order valence-corrected chi connectivity index (χ0v) is 18.9. The van der Waals surface area contributed by atoms with Crippen LogP contribution in [0.1, 0.15) is 62.2 Å². The normalized spacial score (nSPS) is 19.6. The Labute approximate surface area is 192 Å². The molecule has 1 aliphatic carbocycles. The van der Waals surface area contributed by atoms with Gasteiger partial charge in [-0.1, -0.05) is 79.9 Å². The van der Waals surface area contributed by atoms with Gasteiger partial charge in [-0.3, -0.25) is 4.79 Å². The number of hydrogen-bond acceptors (Lipinski definition) is 3. The molecule has 2 fully saturated rings. The SMILES string of the molecule is Cl.O=C(O)C1(CN2CCC(OC(c3ccccc3)c3ccccc3)CC2)CCCCC1. The van der Waals surface area contributed by atoms with Gasteiger partial charge in [-0.15, -0.1) is 12.4 Å². The first-order chi connectivity index (χ1) is 14.7. The van der Waals surface area contributed by atoms with Crippen LogP contribution in [0.15, 0.2) is 60.7 Å². The maximum atomic E-state index is 12.0. The van der Waals surface area contributed by atoms with E-state index < -0.39 is 11.4 Å². The van der Waals surface area contributed by atoms with E-state index in [1.54, 1.807) is 0 Å². The fraction of sp³-hybridized carbons (Fsp3) is 0.500. The van der Waals surface area contributed by atoms with Crippen molar-refractivity contribution in [2.45, 2.75) is 57.2 Å². The quantitative estimate of drug-likeness (QED) is 0.595. The summed E-state index contributed by atoms with van der Waals surface area (Å²) in [4.78, 5) is 14.4. The minimum Gasteiger partial charge on any atom is -0.481 e. The minimum absolute atomic E-state index is 0. The largest absolute Gasteiger partial charge is 0.481 e. The number of carboxylic acids is 1. The fourth-order valence-corrected chi connectivity index (χ4v) is 5.10. The Morgan fingerprint density at radius 1 is 0.935 bits per heavy atom. The van der Waals surface area contributed by atoms with Gasteiger partial charge in [0.15, 0.2) is 0 Å². The molecule has 0 atom stereocenters. The second kappa shape index (κ2) is 11.1. The standard InChI is InChI=1S/C26H33NO3.ClH/c28-25(29)26(16-8-3-9-17-26)20-27-18-14-23(15-19-27)30-24(21-10-4-1-5-11-21)22-12-6-2-7-13-22;/h1-2,4-7,10-13,23-24H,3,8-9,14-20H2,(H,28,29);1H. The van der Waals surface area contributed by atoms with Crippen molar-refractivity contribution >= 4 is 18.4 Å². The topological polar surface area (TPSA) is 49.8 Å². The average molecular weight is 444 g/mol. The Morgan fingerprint density at radius 3 is 1.94 bits per heavy atom. The van der Waals surface area contributed by atoms with Crippen molar-refractivity contribution in [3.8, 4) is 0 Å². The monoisotopic (exact) mass is 443 g/mol. The highest BCUT2D eigenvalue weighted by molar-refractivity contribution is 5.85. The summed E-state index contributed by atoms with van der Waals surface area (Å²) in [6.07, 6.45) is 6.93. The van der Waals surface area contributed by atoms with Crippen LogP contribution < -0.4 is 0 Å². The molecule has 31 heavy (non-hydrogen) atoms. The predicted octanol–water partition coefficient (Wildman–Crippen LogP) is 5.71. The molecule has 0 unspecified atom stereocenters. The number of rotatable bonds is 7. The van der Waals surface area contributed by atoms with E-state index in [0.29, 0.717) is 6.54 Å². The number of carbonyl (C=O) groups is 1. The average Bonchev–Trinajstić information content (AvgIpc) is 2.80. The molecule has 168 valence electrons. The smallest absolute Gasteiger partial charge is 0.310 e. The summed E-state index contributed by atoms with van der Waals surface area (Å²) in [6, 6.07) is 20.8. The van der Waals surface area contributed by atoms with Crippen LogP contribution in [-0.4, -0.2) is 41.7 Å². The van der Waals surface area contributed by atoms with Crippen molar-refractivity contribution in [2.24, 2.45) is 5.41 Å². The molecule has 0 radical (unpaired) electrons. The lowest BCUT2D eigenvalue weighted by Gasteiger charge is -2.41. The number of piperidine rings is 1. The summed E-state index contributed by atoms with van der Waals surface area (Å²) in [6.45, 7) is 2.52. The zero-order valence-electron chi connectivity index (χ0n) is 18.1. The van der Waals surface area contributed by atoms with Gasteiger partial charge in [0.05, 0.1) is 11.5 Å². The third kappa shape index (κ3) is 5.88. The van der Waals surface area contributed by atoms with Crippen molar-refractivity contribution in [1.82, 2.24) is 4.90 Å². The van der Waals surface area contributed by atoms with E-state index in [2.05, 4.69) is 53.4 Å². The number of nitrogens with zero attached hydrogens (tertiary/aromatic N) is 1. The first-order valence-electron chi connectivity index (χ1n) is 11.4. The van der Waals surface area contributed by atoms with Crippen molar-refractivity contribution in [3.63, 3.8) is 0 Å². The third-order valence-electron chi connectivity index (χ3n) is 6.86. The molecule has 1 saturated carbocycles. The van der Waals surface area contributed by atoms with Crippen molar-refractivity contribution in [1.29, 1.82) is 0 Å². The lowest BCUT2D eigenvalue weighted by atomic mass is 9.73. The van der Waals surface area contributed by atoms with Gasteiger partial charge in [0.1, 0.15) is 6.10 Å². The molecule has 1 N–H and O–H groups in total. The molecule has 1 aliphatic heterocycles. The molecule has 0 amide bonds. The van der Waals surface area contributed by atoms with E-state index in [1.807, 2.05) is 12.1 Å². The van der Waals surface area contributed by atoms with E-state index in [9.17, 15) is 9.90 Å². The zero-order chi connectivity index (χ0) is 20.8. The Kier molecular flexibility index (Phi) is 8.53. The van der Waals surface area contributed by atoms with Crippen molar-refractivity contribution in [2.75, 3.05) is 19.6 Å². The number of halogens is 1. The number of likely N-dealkylation sites (tertiary alicyclic amines) is 1. The molecule has 1 saturated heterocycles. The van der Waals surface area contributed by atoms with Gasteiger partial charge in [-0.05, 0) is 36.8 Å². The first-order valence-corrected chi connectivity index (χ1v) is 11.4. The Bertz CT molecular complexity index is 760. The first kappa shape index (κ1) is 23.8. The van der Waals surface area contributed by atoms with Gasteiger partial charge in [0.2, 0.25) is 0 Å². The highest BCUT2D eigenvalue weighted by Gasteiger charge is 2.41. The van der Waals surface area contributed by atoms with E-state index in [1.165, 1.54) is 17.5 Å². The van der Waals surface area contributed by atoms with E-state index in [4.69, 9.17) is 4.74 Å². The number of benzene rings is 2. The number of aliphatic carboxylic acids is 1. The Balaban J connectivity index is 0.00000272. The number of ether oxygens (including phenoxy) is 1. The fourth-order valence-electron chi connectivity index (χ4n) is 5.10. The second-order valence-electron chi connectivity index (χ2n) is 8.96. The summed E-state index contributed by atoms with van der Waals surface area (Å²) in [5, 5.41) is 9.89. The molecule has 0 aromatic heterocycles. The summed E-state index contributed by atoms with van der Waals surface area (Å²) in [7, 11) is 0. The third-order valence-corrected chi connectivity index (χ3v) is 6.86. The molecule has 5 heteroatoms. The molecule has 4 rings (SSSR count). The van der Waals surface area contributed by atoms with Gasteiger partial charge < -0.3 is 14.7 Å². The summed E-state index contributed by atoms with van der Waals surface area (Å²) >= 11 is 0. The molecular weight excluding hydrogens is 410 g/mol. The summed E-state index contributed by atoms with van der Waals surface area (Å²) in [5.74, 6) is -0.603. The van der Waals surface area contributed by atoms with Crippen molar-refractivity contribution in [3.05, 3.63) is 71.8 Å². The second-order valence-corrected chi connectivity index (χ2v) is 8.96. The van der Waals surface area contributed by atoms with Crippen LogP contribution in [0.4, 0.5) is 0 Å². The molecule has 4 nitrogen and oxygen atoms in total. The van der Waals surface area contributed by atoms with Crippen LogP contribution in [0, 0.1) is 5.41 Å². The molecular formula is C26H34ClNO3. The van der Waals surface area contributed by atoms with Crippen LogP contribution >= 0.6 is 12.4 Å². The highest BCUT2D eigenvalue weighted by Crippen LogP contribution is 2.38. The number of hydrogen-bond donors (Lipinski definition) is 1. The molecule has 0 spiro atoms. The molecule has 2 aromatic carbocycles. The van der Waals surface area contributed by atoms with E-state index >= 15 is 0 Å². The summed E-state index contributed by atoms with van der Waals surface area (Å²) in [5.41, 5.74) is 1.82. The van der Waals surface area contributed by atoms with Crippen molar-refractivity contribution < 1.29 is 14.6 Å². The van der Waals surface area contributed by atoms with E-state index in [-0.39, 0.29) is 24.6 Å². The molecule has 0 bridgehead atoms. The molecule has 2 aromatic rings. The Morgan fingerprint density at radius 2 is 1.45 bits per heavy atom. The van der Waals surface area contributed by atoms with Gasteiger partial charge in [0, 0.05) is 19.6 Å². The van der Waals surface area contributed by atoms with Gasteiger partial charge in [-0.2, -0.15) is 0 Å². The van der Waals surface area contributed by atoms with Crippen LogP contribution in [0.5, 0.6) is 0 Å². The van der Waals surface area contributed by atoms with Gasteiger partial charge in [0.25, 0.3) is 0 Å². The van der Waals surface area contributed by atoms with Crippen LogP contribution in [0.25, 0.3) is 0 Å². The van der Waals surface area contributed by atoms with Gasteiger partial charge in [-0.25, -0.2) is 0 Å². The summed E-state index contributed by atoms with van der Waals surface area (Å²) < 4.78 is 6.63. The van der Waals surface area contributed by atoms with Crippen LogP contribution in [0.2, 0.25) is 0 Å². The Hall–Kier alpha value is -1.88.